The number of hydrogen-bond acceptors (Lipinski definition) is 1. The van der Waals surface area contributed by atoms with E-state index in [0.29, 0.717) is 6.07 Å². The molecule has 0 aromatic carbocycles. The summed E-state index contributed by atoms with van der Waals surface area (Å²) in [6, 6.07) is 0.544. The normalized spacial score (nSPS) is 16.3. The molecule has 0 aliphatic rings. The summed E-state index contributed by atoms with van der Waals surface area (Å²) < 4.78 is 273. The van der Waals surface area contributed by atoms with Gasteiger partial charge < -0.3 is 0 Å². The van der Waals surface area contributed by atoms with E-state index >= 15 is 0 Å². The summed E-state index contributed by atoms with van der Waals surface area (Å²) in [6.07, 6.45) is -12.8. The lowest BCUT2D eigenvalue weighted by atomic mass is 9.85. The topological polar surface area (TPSA) is 23.8 Å². The van der Waals surface area contributed by atoms with Crippen molar-refractivity contribution in [1.82, 2.24) is 0 Å². The molecule has 1 nitrogen and oxygen atoms in total. The maximum Gasteiger partial charge on any atom is 0.460 e. The summed E-state index contributed by atoms with van der Waals surface area (Å²) >= 11 is 0. The predicted octanol–water partition coefficient (Wildman–Crippen LogP) is 7.57. The van der Waals surface area contributed by atoms with Gasteiger partial charge in [0.15, 0.2) is 0 Å². The van der Waals surface area contributed by atoms with Gasteiger partial charge in [-0.05, 0) is 0 Å². The lowest BCUT2D eigenvalue weighted by Gasteiger charge is -2.44. The molecular formula is C13H4F21N. The zero-order valence-electron chi connectivity index (χ0n) is 15.3. The third-order valence-corrected chi connectivity index (χ3v) is 4.13. The van der Waals surface area contributed by atoms with E-state index in [1.165, 1.54) is 0 Å². The van der Waals surface area contributed by atoms with Gasteiger partial charge >= 0.3 is 59.5 Å². The lowest BCUT2D eigenvalue weighted by molar-refractivity contribution is -0.474. The van der Waals surface area contributed by atoms with Crippen molar-refractivity contribution in [2.45, 2.75) is 72.3 Å². The van der Waals surface area contributed by atoms with Crippen LogP contribution in [0.4, 0.5) is 92.2 Å². The molecule has 0 saturated heterocycles. The molecular weight excluding hydrogens is 569 g/mol. The first kappa shape index (κ1) is 33.0. The van der Waals surface area contributed by atoms with Gasteiger partial charge in [0.25, 0.3) is 0 Å². The third kappa shape index (κ3) is 4.09. The van der Waals surface area contributed by atoms with Gasteiger partial charge in [-0.25, -0.2) is 0 Å². The monoisotopic (exact) mass is 573 g/mol. The minimum Gasteiger partial charge on any atom is -0.200 e. The maximum absolute atomic E-state index is 13.4. The van der Waals surface area contributed by atoms with Gasteiger partial charge in [0.1, 0.15) is 0 Å². The van der Waals surface area contributed by atoms with Crippen molar-refractivity contribution in [2.24, 2.45) is 0 Å². The average Bonchev–Trinajstić information content (AvgIpc) is 2.64. The summed E-state index contributed by atoms with van der Waals surface area (Å²) in [4.78, 5) is 0. The first-order valence-electron chi connectivity index (χ1n) is 7.65. The average molecular weight is 573 g/mol. The molecule has 0 aromatic rings. The Morgan fingerprint density at radius 2 is 0.600 bits per heavy atom. The third-order valence-electron chi connectivity index (χ3n) is 4.13. The standard InChI is InChI=1S/C13H4F21N/c14-4(15,2-1-3-35)5(16,17)6(18,19)7(20,21)8(22,23)9(24,25)10(26,27)11(28,29)12(30,31)13(32,33)34/h1-2H2. The van der Waals surface area contributed by atoms with E-state index in [2.05, 4.69) is 0 Å². The number of rotatable bonds is 10. The fourth-order valence-electron chi connectivity index (χ4n) is 1.96. The van der Waals surface area contributed by atoms with E-state index in [1.807, 2.05) is 0 Å². The van der Waals surface area contributed by atoms with Crippen LogP contribution in [0.5, 0.6) is 0 Å². The minimum atomic E-state index is -9.18. The van der Waals surface area contributed by atoms with Crippen LogP contribution in [0.1, 0.15) is 12.8 Å². The first-order valence-corrected chi connectivity index (χ1v) is 7.65. The largest absolute Gasteiger partial charge is 0.460 e. The van der Waals surface area contributed by atoms with E-state index in [-0.39, 0.29) is 0 Å². The Balaban J connectivity index is 7.00. The number of alkyl halides is 21. The van der Waals surface area contributed by atoms with E-state index in [0.717, 1.165) is 0 Å². The van der Waals surface area contributed by atoms with Crippen LogP contribution in [-0.4, -0.2) is 59.5 Å². The molecule has 0 heterocycles. The number of nitriles is 1. The Kier molecular flexibility index (Phi) is 7.81. The quantitative estimate of drug-likeness (QED) is 0.248. The molecule has 0 aliphatic heterocycles. The second kappa shape index (κ2) is 8.27. The molecule has 0 saturated carbocycles. The number of halogens is 21. The van der Waals surface area contributed by atoms with Crippen molar-refractivity contribution in [2.75, 3.05) is 0 Å². The molecule has 0 amide bonds. The molecule has 208 valence electrons. The summed E-state index contributed by atoms with van der Waals surface area (Å²) in [5.41, 5.74) is 0. The summed E-state index contributed by atoms with van der Waals surface area (Å²) in [5, 5.41) is 7.90. The lowest BCUT2D eigenvalue weighted by Crippen LogP contribution is -2.76. The molecule has 0 radical (unpaired) electrons. The van der Waals surface area contributed by atoms with Crippen molar-refractivity contribution in [3.8, 4) is 6.07 Å². The van der Waals surface area contributed by atoms with Crippen LogP contribution in [-0.2, 0) is 0 Å². The minimum absolute atomic E-state index is 0.544. The molecule has 0 N–H and O–H groups in total. The first-order chi connectivity index (χ1) is 14.8. The van der Waals surface area contributed by atoms with Gasteiger partial charge in [-0.3, -0.25) is 0 Å². The fraction of sp³-hybridized carbons (Fsp3) is 0.923. The highest BCUT2D eigenvalue weighted by atomic mass is 19.4. The van der Waals surface area contributed by atoms with Gasteiger partial charge in [-0.2, -0.15) is 97.5 Å². The van der Waals surface area contributed by atoms with E-state index in [9.17, 15) is 92.2 Å². The van der Waals surface area contributed by atoms with Gasteiger partial charge in [0.2, 0.25) is 0 Å². The summed E-state index contributed by atoms with van der Waals surface area (Å²) in [6.45, 7) is 0. The molecule has 35 heavy (non-hydrogen) atoms. The Labute approximate surface area is 177 Å². The zero-order valence-corrected chi connectivity index (χ0v) is 15.3. The Morgan fingerprint density at radius 3 is 0.829 bits per heavy atom. The molecule has 22 heteroatoms. The molecule has 0 bridgehead atoms. The fourth-order valence-corrected chi connectivity index (χ4v) is 1.96. The van der Waals surface area contributed by atoms with Crippen LogP contribution < -0.4 is 0 Å². The van der Waals surface area contributed by atoms with Crippen molar-refractivity contribution in [3.63, 3.8) is 0 Å². The van der Waals surface area contributed by atoms with Crippen LogP contribution in [0, 0.1) is 11.3 Å². The Bertz CT molecular complexity index is 812. The highest BCUT2D eigenvalue weighted by Crippen LogP contribution is 2.66. The predicted molar refractivity (Wildman–Crippen MR) is 65.4 cm³/mol. The van der Waals surface area contributed by atoms with Crippen LogP contribution in [0.2, 0.25) is 0 Å². The molecule has 0 rings (SSSR count). The van der Waals surface area contributed by atoms with Crippen LogP contribution in [0.25, 0.3) is 0 Å². The van der Waals surface area contributed by atoms with Gasteiger partial charge in [0, 0.05) is 12.8 Å². The van der Waals surface area contributed by atoms with Crippen molar-refractivity contribution < 1.29 is 92.2 Å². The van der Waals surface area contributed by atoms with E-state index in [4.69, 9.17) is 5.26 Å². The van der Waals surface area contributed by atoms with E-state index in [1.54, 1.807) is 0 Å². The Hall–Kier alpha value is -1.98. The molecule has 0 unspecified atom stereocenters. The molecule has 0 fully saturated rings. The maximum atomic E-state index is 13.4. The Morgan fingerprint density at radius 1 is 0.371 bits per heavy atom. The van der Waals surface area contributed by atoms with Crippen LogP contribution in [0.3, 0.4) is 0 Å². The second-order valence-corrected chi connectivity index (χ2v) is 6.46. The molecule has 0 atom stereocenters. The highest BCUT2D eigenvalue weighted by Gasteiger charge is 2.97. The van der Waals surface area contributed by atoms with Crippen molar-refractivity contribution >= 4 is 0 Å². The number of nitrogens with zero attached hydrogens (tertiary/aromatic N) is 1. The second-order valence-electron chi connectivity index (χ2n) is 6.46. The summed E-state index contributed by atoms with van der Waals surface area (Å²) in [7, 11) is 0. The van der Waals surface area contributed by atoms with Gasteiger partial charge in [-0.15, -0.1) is 0 Å². The zero-order chi connectivity index (χ0) is 29.1. The van der Waals surface area contributed by atoms with Crippen LogP contribution in [0.15, 0.2) is 0 Å². The summed E-state index contributed by atoms with van der Waals surface area (Å²) in [5.74, 6) is -77.0. The highest BCUT2D eigenvalue weighted by molar-refractivity contribution is 5.18. The SMILES string of the molecule is N#CCCC(F)(F)C(F)(F)C(F)(F)C(F)(F)C(F)(F)C(F)(F)C(F)(F)C(F)(F)C(F)(F)C(F)(F)F. The molecule has 0 aromatic heterocycles. The number of hydrogen-bond donors (Lipinski definition) is 0. The van der Waals surface area contributed by atoms with Crippen LogP contribution >= 0.6 is 0 Å². The molecule has 0 aliphatic carbocycles. The smallest absolute Gasteiger partial charge is 0.200 e. The van der Waals surface area contributed by atoms with E-state index < -0.39 is 72.3 Å². The van der Waals surface area contributed by atoms with Crippen molar-refractivity contribution in [3.05, 3.63) is 0 Å². The van der Waals surface area contributed by atoms with Crippen molar-refractivity contribution in [1.29, 1.82) is 5.26 Å². The molecule has 0 spiro atoms. The van der Waals surface area contributed by atoms with Gasteiger partial charge in [-0.1, -0.05) is 0 Å². The van der Waals surface area contributed by atoms with Gasteiger partial charge in [0.05, 0.1) is 6.07 Å².